The molecule has 3 rings (SSSR count). The quantitative estimate of drug-likeness (QED) is 0.841. The normalized spacial score (nSPS) is 17.1. The first-order valence-corrected chi connectivity index (χ1v) is 6.39. The highest BCUT2D eigenvalue weighted by molar-refractivity contribution is 5.46. The van der Waals surface area contributed by atoms with Gasteiger partial charge in [0.05, 0.1) is 5.41 Å². The van der Waals surface area contributed by atoms with E-state index in [2.05, 4.69) is 40.7 Å². The molecule has 94 valence electrons. The molecule has 2 N–H and O–H groups in total. The van der Waals surface area contributed by atoms with E-state index in [1.54, 1.807) is 0 Å². The number of rotatable bonds is 3. The second-order valence-corrected chi connectivity index (χ2v) is 5.36. The molecule has 0 unspecified atom stereocenters. The Morgan fingerprint density at radius 2 is 1.89 bits per heavy atom. The van der Waals surface area contributed by atoms with E-state index in [9.17, 15) is 0 Å². The van der Waals surface area contributed by atoms with Crippen LogP contribution in [0.1, 0.15) is 44.1 Å². The van der Waals surface area contributed by atoms with Crippen molar-refractivity contribution in [3.63, 3.8) is 0 Å². The number of aromatic nitrogens is 3. The van der Waals surface area contributed by atoms with E-state index in [4.69, 9.17) is 5.73 Å². The second kappa shape index (κ2) is 3.83. The molecule has 2 aromatic rings. The highest BCUT2D eigenvalue weighted by Crippen LogP contribution is 2.53. The van der Waals surface area contributed by atoms with Gasteiger partial charge in [0.15, 0.2) is 0 Å². The molecule has 0 aliphatic heterocycles. The molecule has 0 atom stereocenters. The summed E-state index contributed by atoms with van der Waals surface area (Å²) < 4.78 is 2.17. The van der Waals surface area contributed by atoms with E-state index >= 15 is 0 Å². The Bertz CT molecular complexity index is 549. The zero-order chi connectivity index (χ0) is 12.8. The molecule has 1 aliphatic carbocycles. The number of hydrogen-bond acceptors (Lipinski definition) is 3. The minimum Gasteiger partial charge on any atom is -0.399 e. The number of nitrogens with two attached hydrogens (primary N) is 1. The van der Waals surface area contributed by atoms with Crippen LogP contribution < -0.4 is 5.73 Å². The lowest BCUT2D eigenvalue weighted by Gasteiger charge is -2.18. The first-order valence-electron chi connectivity index (χ1n) is 6.39. The van der Waals surface area contributed by atoms with Crippen LogP contribution in [0.4, 0.5) is 5.69 Å². The molecule has 1 aromatic carbocycles. The minimum absolute atomic E-state index is 0.0640. The van der Waals surface area contributed by atoms with Gasteiger partial charge in [0, 0.05) is 11.7 Å². The molecular weight excluding hydrogens is 224 g/mol. The van der Waals surface area contributed by atoms with E-state index in [1.165, 1.54) is 5.56 Å². The van der Waals surface area contributed by atoms with Crippen molar-refractivity contribution in [1.82, 2.24) is 14.8 Å². The Morgan fingerprint density at radius 3 is 2.44 bits per heavy atom. The van der Waals surface area contributed by atoms with Crippen molar-refractivity contribution in [3.05, 3.63) is 42.0 Å². The summed E-state index contributed by atoms with van der Waals surface area (Å²) in [5.41, 5.74) is 7.92. The molecule has 4 heteroatoms. The van der Waals surface area contributed by atoms with E-state index in [0.717, 1.165) is 24.4 Å². The number of hydrogen-bond donors (Lipinski definition) is 1. The summed E-state index contributed by atoms with van der Waals surface area (Å²) in [7, 11) is 0. The minimum atomic E-state index is 0.0640. The van der Waals surface area contributed by atoms with Crippen molar-refractivity contribution < 1.29 is 0 Å². The van der Waals surface area contributed by atoms with Gasteiger partial charge in [-0.05, 0) is 44.4 Å². The maximum atomic E-state index is 5.75. The number of nitrogen functional groups attached to an aromatic ring is 1. The molecule has 0 saturated heterocycles. The van der Waals surface area contributed by atoms with Gasteiger partial charge in [-0.15, -0.1) is 10.2 Å². The van der Waals surface area contributed by atoms with Gasteiger partial charge in [0.1, 0.15) is 12.2 Å². The fourth-order valence-electron chi connectivity index (χ4n) is 2.53. The largest absolute Gasteiger partial charge is 0.399 e. The lowest BCUT2D eigenvalue weighted by Crippen LogP contribution is -2.17. The predicted octanol–water partition coefficient (Wildman–Crippen LogP) is 2.52. The van der Waals surface area contributed by atoms with Crippen LogP contribution in [0, 0.1) is 0 Å². The molecule has 1 saturated carbocycles. The molecule has 1 heterocycles. The van der Waals surface area contributed by atoms with Crippen LogP contribution >= 0.6 is 0 Å². The standard InChI is InChI=1S/C14H18N4/c1-10(2)18-9-16-17-13(18)14(7-8-14)11-3-5-12(15)6-4-11/h3-6,9-10H,7-8,15H2,1-2H3. The van der Waals surface area contributed by atoms with Gasteiger partial charge < -0.3 is 10.3 Å². The van der Waals surface area contributed by atoms with Crippen LogP contribution in [-0.4, -0.2) is 14.8 Å². The monoisotopic (exact) mass is 242 g/mol. The lowest BCUT2D eigenvalue weighted by molar-refractivity contribution is 0.543. The molecule has 18 heavy (non-hydrogen) atoms. The molecule has 0 amide bonds. The molecule has 0 bridgehead atoms. The summed E-state index contributed by atoms with van der Waals surface area (Å²) in [6.07, 6.45) is 4.11. The van der Waals surface area contributed by atoms with Crippen molar-refractivity contribution in [2.75, 3.05) is 5.73 Å². The highest BCUT2D eigenvalue weighted by Gasteiger charge is 2.49. The third-order valence-electron chi connectivity index (χ3n) is 3.77. The first-order chi connectivity index (χ1) is 8.63. The summed E-state index contributed by atoms with van der Waals surface area (Å²) in [6.45, 7) is 4.32. The maximum Gasteiger partial charge on any atom is 0.143 e. The third-order valence-corrected chi connectivity index (χ3v) is 3.77. The lowest BCUT2D eigenvalue weighted by atomic mass is 9.94. The summed E-state index contributed by atoms with van der Waals surface area (Å²) in [5.74, 6) is 1.09. The summed E-state index contributed by atoms with van der Waals surface area (Å²) in [5, 5.41) is 8.43. The number of anilines is 1. The summed E-state index contributed by atoms with van der Waals surface area (Å²) >= 11 is 0. The van der Waals surface area contributed by atoms with E-state index in [0.29, 0.717) is 6.04 Å². The first kappa shape index (κ1) is 11.3. The Kier molecular flexibility index (Phi) is 2.40. The number of benzene rings is 1. The summed E-state index contributed by atoms with van der Waals surface area (Å²) in [4.78, 5) is 0. The van der Waals surface area contributed by atoms with E-state index < -0.39 is 0 Å². The zero-order valence-corrected chi connectivity index (χ0v) is 10.8. The van der Waals surface area contributed by atoms with Crippen LogP contribution in [0.15, 0.2) is 30.6 Å². The zero-order valence-electron chi connectivity index (χ0n) is 10.8. The third kappa shape index (κ3) is 1.60. The smallest absolute Gasteiger partial charge is 0.143 e. The predicted molar refractivity (Wildman–Crippen MR) is 71.3 cm³/mol. The van der Waals surface area contributed by atoms with Gasteiger partial charge in [-0.3, -0.25) is 0 Å². The van der Waals surface area contributed by atoms with Crippen molar-refractivity contribution in [3.8, 4) is 0 Å². The Labute approximate surface area is 107 Å². The van der Waals surface area contributed by atoms with Gasteiger partial charge in [-0.25, -0.2) is 0 Å². The molecule has 0 spiro atoms. The van der Waals surface area contributed by atoms with Crippen molar-refractivity contribution in [2.45, 2.75) is 38.1 Å². The Hall–Kier alpha value is -1.84. The average molecular weight is 242 g/mol. The van der Waals surface area contributed by atoms with Gasteiger partial charge in [0.25, 0.3) is 0 Å². The molecule has 4 nitrogen and oxygen atoms in total. The van der Waals surface area contributed by atoms with Crippen LogP contribution in [0.3, 0.4) is 0 Å². The SMILES string of the molecule is CC(C)n1cnnc1C1(c2ccc(N)cc2)CC1. The molecule has 1 aromatic heterocycles. The topological polar surface area (TPSA) is 56.7 Å². The van der Waals surface area contributed by atoms with Gasteiger partial charge in [-0.1, -0.05) is 12.1 Å². The van der Waals surface area contributed by atoms with Crippen LogP contribution in [0.2, 0.25) is 0 Å². The average Bonchev–Trinajstić information content (AvgIpc) is 3.00. The Morgan fingerprint density at radius 1 is 1.22 bits per heavy atom. The van der Waals surface area contributed by atoms with Crippen LogP contribution in [-0.2, 0) is 5.41 Å². The molecule has 1 aliphatic rings. The van der Waals surface area contributed by atoms with Crippen molar-refractivity contribution in [1.29, 1.82) is 0 Å². The molecular formula is C14H18N4. The van der Waals surface area contributed by atoms with Crippen molar-refractivity contribution >= 4 is 5.69 Å². The number of nitrogens with zero attached hydrogens (tertiary/aromatic N) is 3. The van der Waals surface area contributed by atoms with E-state index in [-0.39, 0.29) is 5.41 Å². The van der Waals surface area contributed by atoms with Crippen LogP contribution in [0.25, 0.3) is 0 Å². The highest BCUT2D eigenvalue weighted by atomic mass is 15.3. The molecule has 1 fully saturated rings. The van der Waals surface area contributed by atoms with Gasteiger partial charge >= 0.3 is 0 Å². The van der Waals surface area contributed by atoms with E-state index in [1.807, 2.05) is 18.5 Å². The van der Waals surface area contributed by atoms with Gasteiger partial charge in [-0.2, -0.15) is 0 Å². The van der Waals surface area contributed by atoms with Crippen molar-refractivity contribution in [2.24, 2.45) is 0 Å². The second-order valence-electron chi connectivity index (χ2n) is 5.36. The van der Waals surface area contributed by atoms with Crippen LogP contribution in [0.5, 0.6) is 0 Å². The summed E-state index contributed by atoms with van der Waals surface area (Å²) in [6, 6.07) is 8.54. The fraction of sp³-hybridized carbons (Fsp3) is 0.429. The maximum absolute atomic E-state index is 5.75. The Balaban J connectivity index is 2.05. The fourth-order valence-corrected chi connectivity index (χ4v) is 2.53. The molecule has 0 radical (unpaired) electrons. The van der Waals surface area contributed by atoms with Gasteiger partial charge in [0.2, 0.25) is 0 Å².